The number of benzene rings is 5. The van der Waals surface area contributed by atoms with Gasteiger partial charge in [-0.15, -0.1) is 0 Å². The van der Waals surface area contributed by atoms with E-state index in [1.54, 1.807) is 97.9 Å². The summed E-state index contributed by atoms with van der Waals surface area (Å²) in [4.78, 5) is 88.7. The Morgan fingerprint density at radius 1 is 0.520 bits per heavy atom. The first-order valence-corrected chi connectivity index (χ1v) is 16.2. The number of hydrogen-bond acceptors (Lipinski definition) is 6. The first-order valence-electron chi connectivity index (χ1n) is 16.2. The standard InChI is InChI=1S/C40H26N4O6/c1-20(44-39(49)25-8-4-5-9-26(25)40(44)50)22-11-13-32-28(17-22)36(46)30-19-33-29(18-34(30)42-32)35(45)27-16-21(10-12-31(27)41-33)14-15-43-37(47)23-6-2-3-7-24(23)38(43)48/h2-13,16-20H,14-15H2,1H3,(H,41,45)(H,42,46). The van der Waals surface area contributed by atoms with Crippen molar-refractivity contribution < 1.29 is 19.2 Å². The van der Waals surface area contributed by atoms with Crippen LogP contribution in [0, 0.1) is 0 Å². The third kappa shape index (κ3) is 4.21. The van der Waals surface area contributed by atoms with E-state index in [4.69, 9.17) is 0 Å². The largest absolute Gasteiger partial charge is 0.354 e. The van der Waals surface area contributed by atoms with E-state index in [0.29, 0.717) is 77.8 Å². The van der Waals surface area contributed by atoms with Crippen molar-refractivity contribution in [2.45, 2.75) is 19.4 Å². The number of rotatable bonds is 5. The quantitative estimate of drug-likeness (QED) is 0.175. The fourth-order valence-electron chi connectivity index (χ4n) is 7.32. The minimum Gasteiger partial charge on any atom is -0.354 e. The molecule has 0 radical (unpaired) electrons. The number of nitrogens with zero attached hydrogens (tertiary/aromatic N) is 2. The van der Waals surface area contributed by atoms with Gasteiger partial charge in [0.05, 0.1) is 39.3 Å². The van der Waals surface area contributed by atoms with E-state index in [0.717, 1.165) is 5.56 Å². The number of carbonyl (C=O) groups excluding carboxylic acids is 4. The van der Waals surface area contributed by atoms with Gasteiger partial charge in [-0.05, 0) is 85.1 Å². The van der Waals surface area contributed by atoms with Gasteiger partial charge in [-0.3, -0.25) is 38.6 Å². The van der Waals surface area contributed by atoms with Gasteiger partial charge < -0.3 is 9.97 Å². The highest BCUT2D eigenvalue weighted by Crippen LogP contribution is 2.32. The molecular weight excluding hydrogens is 632 g/mol. The van der Waals surface area contributed by atoms with Crippen molar-refractivity contribution in [3.63, 3.8) is 0 Å². The molecule has 0 spiro atoms. The Morgan fingerprint density at radius 2 is 0.980 bits per heavy atom. The zero-order chi connectivity index (χ0) is 34.4. The second-order valence-electron chi connectivity index (χ2n) is 12.8. The first-order chi connectivity index (χ1) is 24.2. The lowest BCUT2D eigenvalue weighted by molar-refractivity contribution is 0.0591. The second-order valence-corrected chi connectivity index (χ2v) is 12.8. The smallest absolute Gasteiger partial charge is 0.262 e. The molecule has 2 aliphatic heterocycles. The Labute approximate surface area is 282 Å². The van der Waals surface area contributed by atoms with Crippen molar-refractivity contribution in [3.05, 3.63) is 151 Å². The molecule has 50 heavy (non-hydrogen) atoms. The maximum absolute atomic E-state index is 13.9. The number of carbonyl (C=O) groups is 4. The third-order valence-electron chi connectivity index (χ3n) is 10.00. The van der Waals surface area contributed by atoms with Crippen LogP contribution < -0.4 is 10.9 Å². The molecule has 242 valence electrons. The summed E-state index contributed by atoms with van der Waals surface area (Å²) in [5.74, 6) is -1.39. The van der Waals surface area contributed by atoms with E-state index >= 15 is 0 Å². The van der Waals surface area contributed by atoms with Crippen LogP contribution in [0.4, 0.5) is 0 Å². The number of nitrogens with one attached hydrogen (secondary N) is 2. The summed E-state index contributed by atoms with van der Waals surface area (Å²) in [5, 5.41) is 1.62. The summed E-state index contributed by atoms with van der Waals surface area (Å²) < 4.78 is 0. The summed E-state index contributed by atoms with van der Waals surface area (Å²) >= 11 is 0. The highest BCUT2D eigenvalue weighted by Gasteiger charge is 2.39. The molecule has 5 aromatic carbocycles. The molecule has 10 heteroatoms. The molecule has 1 unspecified atom stereocenters. The second kappa shape index (κ2) is 10.7. The molecule has 9 rings (SSSR count). The maximum atomic E-state index is 13.9. The first kappa shape index (κ1) is 29.5. The van der Waals surface area contributed by atoms with Crippen LogP contribution in [0.2, 0.25) is 0 Å². The van der Waals surface area contributed by atoms with Crippen molar-refractivity contribution in [1.82, 2.24) is 19.8 Å². The van der Waals surface area contributed by atoms with Crippen LogP contribution in [0.25, 0.3) is 43.6 Å². The van der Waals surface area contributed by atoms with Crippen molar-refractivity contribution in [2.75, 3.05) is 6.54 Å². The number of H-pyrrole nitrogens is 2. The molecule has 0 fully saturated rings. The van der Waals surface area contributed by atoms with Crippen LogP contribution in [-0.4, -0.2) is 49.9 Å². The van der Waals surface area contributed by atoms with Gasteiger partial charge in [0.2, 0.25) is 0 Å². The van der Waals surface area contributed by atoms with Gasteiger partial charge in [-0.1, -0.05) is 36.4 Å². The van der Waals surface area contributed by atoms with E-state index in [9.17, 15) is 28.8 Å². The number of aromatic nitrogens is 2. The molecule has 7 aromatic rings. The van der Waals surface area contributed by atoms with E-state index in [1.807, 2.05) is 6.07 Å². The summed E-state index contributed by atoms with van der Waals surface area (Å²) in [6.45, 7) is 1.94. The lowest BCUT2D eigenvalue weighted by Crippen LogP contribution is -2.32. The van der Waals surface area contributed by atoms with E-state index < -0.39 is 6.04 Å². The van der Waals surface area contributed by atoms with Crippen molar-refractivity contribution >= 4 is 67.2 Å². The Balaban J connectivity index is 1.06. The highest BCUT2D eigenvalue weighted by molar-refractivity contribution is 6.22. The molecule has 1 atom stereocenters. The average Bonchev–Trinajstić information content (AvgIpc) is 3.54. The SMILES string of the molecule is CC(c1ccc2[nH]c3cc4c(=O)c5cc(CCN6C(=O)c7ccccc7C6=O)ccc5[nH]c4cc3c(=O)c2c1)N1C(=O)c2ccccc2C1=O. The average molecular weight is 659 g/mol. The van der Waals surface area contributed by atoms with Crippen LogP contribution >= 0.6 is 0 Å². The Hall–Kier alpha value is -6.68. The summed E-state index contributed by atoms with van der Waals surface area (Å²) in [6.07, 6.45) is 0.379. The number of pyridine rings is 2. The molecular formula is C40H26N4O6. The molecule has 4 heterocycles. The number of hydrogen-bond donors (Lipinski definition) is 2. The Morgan fingerprint density at radius 3 is 1.52 bits per heavy atom. The minimum absolute atomic E-state index is 0.182. The molecule has 2 N–H and O–H groups in total. The Bertz CT molecular complexity index is 2760. The van der Waals surface area contributed by atoms with Crippen LogP contribution in [0.15, 0.2) is 107 Å². The van der Waals surface area contributed by atoms with Gasteiger partial charge in [-0.25, -0.2) is 0 Å². The maximum Gasteiger partial charge on any atom is 0.262 e. The predicted molar refractivity (Wildman–Crippen MR) is 189 cm³/mol. The topological polar surface area (TPSA) is 140 Å². The van der Waals surface area contributed by atoms with E-state index in [1.165, 1.54) is 9.80 Å². The number of amides is 4. The zero-order valence-electron chi connectivity index (χ0n) is 26.6. The number of fused-ring (bicyclic) bond motifs is 6. The highest BCUT2D eigenvalue weighted by atomic mass is 16.2. The van der Waals surface area contributed by atoms with Crippen LogP contribution in [-0.2, 0) is 6.42 Å². The third-order valence-corrected chi connectivity index (χ3v) is 10.00. The summed E-state index contributed by atoms with van der Waals surface area (Å²) in [5.41, 5.74) is 4.59. The molecule has 10 nitrogen and oxygen atoms in total. The predicted octanol–water partition coefficient (Wildman–Crippen LogP) is 5.87. The molecule has 0 aliphatic carbocycles. The molecule has 0 saturated heterocycles. The van der Waals surface area contributed by atoms with E-state index in [2.05, 4.69) is 9.97 Å². The van der Waals surface area contributed by atoms with Crippen LogP contribution in [0.3, 0.4) is 0 Å². The molecule has 0 bridgehead atoms. The van der Waals surface area contributed by atoms with Gasteiger partial charge in [0.25, 0.3) is 23.6 Å². The van der Waals surface area contributed by atoms with Crippen molar-refractivity contribution in [1.29, 1.82) is 0 Å². The normalized spacial score (nSPS) is 14.8. The van der Waals surface area contributed by atoms with Gasteiger partial charge >= 0.3 is 0 Å². The van der Waals surface area contributed by atoms with E-state index in [-0.39, 0.29) is 41.0 Å². The fraction of sp³-hybridized carbons (Fsp3) is 0.100. The molecule has 2 aliphatic rings. The van der Waals surface area contributed by atoms with Gasteiger partial charge in [-0.2, -0.15) is 0 Å². The molecule has 4 amide bonds. The van der Waals surface area contributed by atoms with Crippen molar-refractivity contribution in [3.8, 4) is 0 Å². The lowest BCUT2D eigenvalue weighted by Gasteiger charge is -2.23. The fourth-order valence-corrected chi connectivity index (χ4v) is 7.32. The van der Waals surface area contributed by atoms with Gasteiger partial charge in [0.15, 0.2) is 10.9 Å². The summed E-state index contributed by atoms with van der Waals surface area (Å²) in [7, 11) is 0. The van der Waals surface area contributed by atoms with Crippen LogP contribution in [0.5, 0.6) is 0 Å². The zero-order valence-corrected chi connectivity index (χ0v) is 26.6. The molecule has 0 saturated carbocycles. The lowest BCUT2D eigenvalue weighted by atomic mass is 10.0. The van der Waals surface area contributed by atoms with Gasteiger partial charge in [0.1, 0.15) is 0 Å². The summed E-state index contributed by atoms with van der Waals surface area (Å²) in [6, 6.07) is 26.8. The number of aromatic amines is 2. The van der Waals surface area contributed by atoms with Crippen LogP contribution in [0.1, 0.15) is 65.5 Å². The monoisotopic (exact) mass is 658 g/mol. The minimum atomic E-state index is -0.612. The Kier molecular flexibility index (Phi) is 6.28. The molecule has 2 aromatic heterocycles. The van der Waals surface area contributed by atoms with Gasteiger partial charge in [0, 0.05) is 39.1 Å². The van der Waals surface area contributed by atoms with Crippen molar-refractivity contribution in [2.24, 2.45) is 0 Å². The number of imide groups is 2.